The highest BCUT2D eigenvalue weighted by Crippen LogP contribution is 2.21. The van der Waals surface area contributed by atoms with Gasteiger partial charge in [-0.25, -0.2) is 13.1 Å². The lowest BCUT2D eigenvalue weighted by molar-refractivity contribution is -0.132. The third-order valence-corrected chi connectivity index (χ3v) is 4.29. The van der Waals surface area contributed by atoms with Gasteiger partial charge in [-0.3, -0.25) is 9.48 Å². The summed E-state index contributed by atoms with van der Waals surface area (Å²) in [5.41, 5.74) is 1.11. The Morgan fingerprint density at radius 1 is 1.52 bits per heavy atom. The highest BCUT2D eigenvalue weighted by molar-refractivity contribution is 7.88. The van der Waals surface area contributed by atoms with Crippen molar-refractivity contribution in [1.82, 2.24) is 19.4 Å². The second kappa shape index (κ2) is 6.57. The maximum Gasteiger partial charge on any atom is 0.223 e. The summed E-state index contributed by atoms with van der Waals surface area (Å²) in [5, 5.41) is 4.31. The molecule has 2 rings (SSSR count). The molecule has 1 fully saturated rings. The molecule has 1 N–H and O–H groups in total. The van der Waals surface area contributed by atoms with E-state index in [1.54, 1.807) is 4.90 Å². The van der Waals surface area contributed by atoms with Crippen LogP contribution in [0.25, 0.3) is 0 Å². The van der Waals surface area contributed by atoms with Crippen LogP contribution >= 0.6 is 0 Å². The Labute approximate surface area is 125 Å². The standard InChI is InChI=1S/C13H22N4O3S/c1-11-8-14-17(9-11)12-4-3-7-16(10-12)13(18)5-6-15-21(2,19)20/h8-9,12,15H,3-7,10H2,1-2H3/t12-/m0/s1. The molecule has 1 saturated heterocycles. The van der Waals surface area contributed by atoms with Crippen LogP contribution in [0.15, 0.2) is 12.4 Å². The second-order valence-corrected chi connectivity index (χ2v) is 7.38. The predicted molar refractivity (Wildman–Crippen MR) is 79.3 cm³/mol. The van der Waals surface area contributed by atoms with Gasteiger partial charge in [0.05, 0.1) is 18.5 Å². The fourth-order valence-corrected chi connectivity index (χ4v) is 3.00. The Morgan fingerprint density at radius 2 is 2.29 bits per heavy atom. The number of carbonyl (C=O) groups is 1. The van der Waals surface area contributed by atoms with Crippen LogP contribution in [-0.2, 0) is 14.8 Å². The number of sulfonamides is 1. The number of hydrogen-bond acceptors (Lipinski definition) is 4. The third-order valence-electron chi connectivity index (χ3n) is 3.56. The number of likely N-dealkylation sites (tertiary alicyclic amines) is 1. The predicted octanol–water partition coefficient (Wildman–Crippen LogP) is 0.294. The first kappa shape index (κ1) is 16.0. The van der Waals surface area contributed by atoms with E-state index in [0.29, 0.717) is 6.54 Å². The number of rotatable bonds is 5. The summed E-state index contributed by atoms with van der Waals surface area (Å²) in [7, 11) is -3.24. The van der Waals surface area contributed by atoms with Crippen molar-refractivity contribution in [2.45, 2.75) is 32.2 Å². The van der Waals surface area contributed by atoms with E-state index in [1.165, 1.54) is 0 Å². The lowest BCUT2D eigenvalue weighted by Gasteiger charge is -2.33. The summed E-state index contributed by atoms with van der Waals surface area (Å²) in [6.07, 6.45) is 7.04. The van der Waals surface area contributed by atoms with Crippen molar-refractivity contribution in [3.05, 3.63) is 18.0 Å². The molecule has 1 aliphatic heterocycles. The Balaban J connectivity index is 1.87. The number of nitrogens with zero attached hydrogens (tertiary/aromatic N) is 3. The van der Waals surface area contributed by atoms with Gasteiger partial charge in [0.25, 0.3) is 0 Å². The van der Waals surface area contributed by atoms with Gasteiger partial charge >= 0.3 is 0 Å². The van der Waals surface area contributed by atoms with Crippen LogP contribution in [0, 0.1) is 6.92 Å². The first-order valence-electron chi connectivity index (χ1n) is 7.08. The van der Waals surface area contributed by atoms with E-state index >= 15 is 0 Å². The first-order chi connectivity index (χ1) is 9.85. The SMILES string of the molecule is Cc1cnn([C@H]2CCCN(C(=O)CCNS(C)(=O)=O)C2)c1. The molecule has 8 heteroatoms. The third kappa shape index (κ3) is 4.82. The summed E-state index contributed by atoms with van der Waals surface area (Å²) in [5.74, 6) is -0.0141. The quantitative estimate of drug-likeness (QED) is 0.847. The van der Waals surface area contributed by atoms with Gasteiger partial charge in [0.1, 0.15) is 0 Å². The molecular formula is C13H22N4O3S. The monoisotopic (exact) mass is 314 g/mol. The summed E-state index contributed by atoms with van der Waals surface area (Å²) in [6, 6.07) is 0.208. The number of carbonyl (C=O) groups excluding carboxylic acids is 1. The van der Waals surface area contributed by atoms with E-state index in [2.05, 4.69) is 9.82 Å². The highest BCUT2D eigenvalue weighted by atomic mass is 32.2. The van der Waals surface area contributed by atoms with Crippen LogP contribution in [0.3, 0.4) is 0 Å². The summed E-state index contributed by atoms with van der Waals surface area (Å²) < 4.78 is 26.2. The van der Waals surface area contributed by atoms with E-state index < -0.39 is 10.0 Å². The molecule has 1 aromatic rings. The fourth-order valence-electron chi connectivity index (χ4n) is 2.53. The van der Waals surface area contributed by atoms with Crippen LogP contribution in [0.1, 0.15) is 30.9 Å². The molecule has 0 spiro atoms. The minimum absolute atomic E-state index is 0.0141. The van der Waals surface area contributed by atoms with E-state index in [0.717, 1.165) is 31.2 Å². The molecule has 21 heavy (non-hydrogen) atoms. The molecule has 118 valence electrons. The van der Waals surface area contributed by atoms with Gasteiger partial charge in [-0.05, 0) is 25.3 Å². The van der Waals surface area contributed by atoms with Gasteiger partial charge in [-0.2, -0.15) is 5.10 Å². The maximum absolute atomic E-state index is 12.1. The lowest BCUT2D eigenvalue weighted by atomic mass is 10.1. The zero-order valence-corrected chi connectivity index (χ0v) is 13.3. The smallest absolute Gasteiger partial charge is 0.223 e. The van der Waals surface area contributed by atoms with Crippen molar-refractivity contribution in [3.63, 3.8) is 0 Å². The van der Waals surface area contributed by atoms with Crippen molar-refractivity contribution >= 4 is 15.9 Å². The largest absolute Gasteiger partial charge is 0.341 e. The molecule has 1 aromatic heterocycles. The molecule has 2 heterocycles. The van der Waals surface area contributed by atoms with Crippen LogP contribution in [-0.4, -0.2) is 54.9 Å². The molecule has 0 radical (unpaired) electrons. The van der Waals surface area contributed by atoms with Crippen molar-refractivity contribution in [2.24, 2.45) is 0 Å². The van der Waals surface area contributed by atoms with E-state index in [-0.39, 0.29) is 24.9 Å². The second-order valence-electron chi connectivity index (χ2n) is 5.55. The summed E-state index contributed by atoms with van der Waals surface area (Å²) in [6.45, 7) is 3.51. The Bertz CT molecular complexity index is 596. The Morgan fingerprint density at radius 3 is 2.90 bits per heavy atom. The molecule has 0 aromatic carbocycles. The molecule has 1 atom stereocenters. The summed E-state index contributed by atoms with van der Waals surface area (Å²) >= 11 is 0. The van der Waals surface area contributed by atoms with Crippen LogP contribution in [0.4, 0.5) is 0 Å². The number of hydrogen-bond donors (Lipinski definition) is 1. The van der Waals surface area contributed by atoms with Crippen LogP contribution < -0.4 is 4.72 Å². The van der Waals surface area contributed by atoms with E-state index in [9.17, 15) is 13.2 Å². The van der Waals surface area contributed by atoms with Crippen LogP contribution in [0.5, 0.6) is 0 Å². The van der Waals surface area contributed by atoms with Crippen molar-refractivity contribution < 1.29 is 13.2 Å². The number of piperidine rings is 1. The zero-order valence-electron chi connectivity index (χ0n) is 12.4. The van der Waals surface area contributed by atoms with Crippen molar-refractivity contribution in [2.75, 3.05) is 25.9 Å². The van der Waals surface area contributed by atoms with Gasteiger partial charge in [0.15, 0.2) is 0 Å². The number of aryl methyl sites for hydroxylation is 1. The van der Waals surface area contributed by atoms with Gasteiger partial charge in [0.2, 0.25) is 15.9 Å². The molecule has 0 saturated carbocycles. The fraction of sp³-hybridized carbons (Fsp3) is 0.692. The topological polar surface area (TPSA) is 84.3 Å². The zero-order chi connectivity index (χ0) is 15.5. The van der Waals surface area contributed by atoms with Gasteiger partial charge in [-0.15, -0.1) is 0 Å². The average molecular weight is 314 g/mol. The van der Waals surface area contributed by atoms with Crippen molar-refractivity contribution in [1.29, 1.82) is 0 Å². The van der Waals surface area contributed by atoms with Gasteiger partial charge in [0, 0.05) is 32.3 Å². The van der Waals surface area contributed by atoms with Crippen molar-refractivity contribution in [3.8, 4) is 0 Å². The summed E-state index contributed by atoms with van der Waals surface area (Å²) in [4.78, 5) is 13.9. The minimum Gasteiger partial charge on any atom is -0.341 e. The van der Waals surface area contributed by atoms with E-state index in [4.69, 9.17) is 0 Å². The Hall–Kier alpha value is -1.41. The van der Waals surface area contributed by atoms with Gasteiger partial charge in [-0.1, -0.05) is 0 Å². The maximum atomic E-state index is 12.1. The minimum atomic E-state index is -3.24. The number of amides is 1. The number of nitrogens with one attached hydrogen (secondary N) is 1. The van der Waals surface area contributed by atoms with Crippen LogP contribution in [0.2, 0.25) is 0 Å². The molecule has 0 aliphatic carbocycles. The molecule has 7 nitrogen and oxygen atoms in total. The van der Waals surface area contributed by atoms with Gasteiger partial charge < -0.3 is 4.90 Å². The molecule has 1 aliphatic rings. The Kier molecular flexibility index (Phi) is 5.00. The first-order valence-corrected chi connectivity index (χ1v) is 8.97. The number of aromatic nitrogens is 2. The molecule has 0 unspecified atom stereocenters. The highest BCUT2D eigenvalue weighted by Gasteiger charge is 2.24. The van der Waals surface area contributed by atoms with E-state index in [1.807, 2.05) is 24.0 Å². The lowest BCUT2D eigenvalue weighted by Crippen LogP contribution is -2.42. The molecule has 0 bridgehead atoms. The average Bonchev–Trinajstić information content (AvgIpc) is 2.84. The normalized spacial score (nSPS) is 19.7. The molecular weight excluding hydrogens is 292 g/mol. The molecule has 1 amide bonds.